The number of hydrogen-bond donors (Lipinski definition) is 2. The molecule has 1 aromatic rings. The minimum absolute atomic E-state index is 0.0146. The maximum atomic E-state index is 12.1. The van der Waals surface area contributed by atoms with E-state index in [4.69, 9.17) is 4.74 Å². The first-order valence-corrected chi connectivity index (χ1v) is 8.64. The third-order valence-corrected chi connectivity index (χ3v) is 4.83. The molecule has 0 aromatic heterocycles. The Morgan fingerprint density at radius 2 is 1.91 bits per heavy atom. The Labute approximate surface area is 138 Å². The molecule has 2 aliphatic rings. The Balaban J connectivity index is 1.36. The number of rotatable bonds is 6. The highest BCUT2D eigenvalue weighted by molar-refractivity contribution is 5.78. The van der Waals surface area contributed by atoms with E-state index in [1.807, 2.05) is 17.0 Å². The van der Waals surface area contributed by atoms with E-state index < -0.39 is 0 Å². The van der Waals surface area contributed by atoms with Gasteiger partial charge >= 0.3 is 6.03 Å². The first kappa shape index (κ1) is 16.1. The molecule has 0 bridgehead atoms. The normalized spacial score (nSPS) is 19.9. The Kier molecular flexibility index (Phi) is 5.06. The quantitative estimate of drug-likeness (QED) is 0.792. The molecule has 0 atom stereocenters. The smallest absolute Gasteiger partial charge is 0.317 e. The van der Waals surface area contributed by atoms with Gasteiger partial charge < -0.3 is 20.3 Å². The monoisotopic (exact) mass is 317 g/mol. The van der Waals surface area contributed by atoms with Crippen LogP contribution in [0.25, 0.3) is 0 Å². The van der Waals surface area contributed by atoms with Gasteiger partial charge in [0.25, 0.3) is 0 Å². The molecule has 0 unspecified atom stereocenters. The van der Waals surface area contributed by atoms with E-state index in [1.54, 1.807) is 0 Å². The zero-order valence-electron chi connectivity index (χ0n) is 13.9. The van der Waals surface area contributed by atoms with Gasteiger partial charge in [-0.15, -0.1) is 0 Å². The number of carbonyl (C=O) groups is 1. The Bertz CT molecular complexity index is 524. The van der Waals surface area contributed by atoms with Crippen LogP contribution in [0.1, 0.15) is 31.2 Å². The first-order valence-electron chi connectivity index (χ1n) is 8.64. The highest BCUT2D eigenvalue weighted by Crippen LogP contribution is 2.25. The molecule has 2 N–H and O–H groups in total. The van der Waals surface area contributed by atoms with Crippen molar-refractivity contribution in [3.8, 4) is 5.75 Å². The minimum Gasteiger partial charge on any atom is -0.494 e. The molecular weight excluding hydrogens is 290 g/mol. The average Bonchev–Trinajstić information content (AvgIpc) is 2.85. The maximum Gasteiger partial charge on any atom is 0.317 e. The summed E-state index contributed by atoms with van der Waals surface area (Å²) in [6.07, 6.45) is 4.01. The number of unbranched alkanes of at least 4 members (excludes halogenated alkanes) is 1. The molecule has 3 rings (SSSR count). The van der Waals surface area contributed by atoms with Crippen molar-refractivity contribution in [3.63, 3.8) is 0 Å². The lowest BCUT2D eigenvalue weighted by molar-refractivity contribution is 0.213. The molecule has 0 radical (unpaired) electrons. The summed E-state index contributed by atoms with van der Waals surface area (Å²) in [5.74, 6) is 0.920. The van der Waals surface area contributed by atoms with Gasteiger partial charge in [0.05, 0.1) is 12.1 Å². The highest BCUT2D eigenvalue weighted by atomic mass is 16.5. The van der Waals surface area contributed by atoms with Crippen molar-refractivity contribution in [1.82, 2.24) is 15.5 Å². The zero-order valence-corrected chi connectivity index (χ0v) is 13.9. The number of nitrogens with one attached hydrogen (secondary N) is 2. The van der Waals surface area contributed by atoms with Crippen LogP contribution in [0.2, 0.25) is 0 Å². The Morgan fingerprint density at radius 1 is 1.17 bits per heavy atom. The van der Waals surface area contributed by atoms with Crippen LogP contribution in [-0.4, -0.2) is 49.3 Å². The predicted octanol–water partition coefficient (Wildman–Crippen LogP) is 2.30. The number of benzene rings is 1. The fourth-order valence-corrected chi connectivity index (χ4v) is 3.38. The minimum atomic E-state index is 0.0146. The van der Waals surface area contributed by atoms with E-state index in [9.17, 15) is 4.79 Å². The van der Waals surface area contributed by atoms with Gasteiger partial charge in [-0.25, -0.2) is 4.79 Å². The second-order valence-corrected chi connectivity index (χ2v) is 6.75. The molecular formula is C18H27N3O2. The van der Waals surface area contributed by atoms with Gasteiger partial charge in [-0.2, -0.15) is 0 Å². The van der Waals surface area contributed by atoms with Gasteiger partial charge in [0.2, 0.25) is 0 Å². The second kappa shape index (κ2) is 7.21. The summed E-state index contributed by atoms with van der Waals surface area (Å²) >= 11 is 0. The van der Waals surface area contributed by atoms with Crippen molar-refractivity contribution < 1.29 is 9.53 Å². The summed E-state index contributed by atoms with van der Waals surface area (Å²) in [5, 5.41) is 6.57. The number of hydrogen-bond acceptors (Lipinski definition) is 3. The summed E-state index contributed by atoms with van der Waals surface area (Å²) < 4.78 is 5.74. The van der Waals surface area contributed by atoms with Crippen molar-refractivity contribution in [2.24, 2.45) is 0 Å². The summed E-state index contributed by atoms with van der Waals surface area (Å²) in [5.41, 5.74) is 1.25. The molecule has 2 amide bonds. The van der Waals surface area contributed by atoms with Crippen LogP contribution in [-0.2, 0) is 0 Å². The standard InChI is InChI=1S/C18H27N3O2/c1-15-4-6-16(7-5-15)23-13-3-2-12-21-14-18(20-17(21)22)8-10-19-11-9-18/h4-7,19H,2-3,8-14H2,1H3,(H,20,22). The van der Waals surface area contributed by atoms with Gasteiger partial charge in [-0.05, 0) is 57.8 Å². The van der Waals surface area contributed by atoms with Crippen LogP contribution >= 0.6 is 0 Å². The average molecular weight is 317 g/mol. The molecule has 2 heterocycles. The fourth-order valence-electron chi connectivity index (χ4n) is 3.38. The topological polar surface area (TPSA) is 53.6 Å². The number of ether oxygens (including phenoxy) is 1. The van der Waals surface area contributed by atoms with Crippen molar-refractivity contribution in [2.75, 3.05) is 32.8 Å². The predicted molar refractivity (Wildman–Crippen MR) is 90.8 cm³/mol. The fraction of sp³-hybridized carbons (Fsp3) is 0.611. The molecule has 1 spiro atoms. The second-order valence-electron chi connectivity index (χ2n) is 6.75. The molecule has 5 heteroatoms. The van der Waals surface area contributed by atoms with Gasteiger partial charge in [0.15, 0.2) is 0 Å². The summed E-state index contributed by atoms with van der Waals surface area (Å²) in [7, 11) is 0. The number of piperidine rings is 1. The third kappa shape index (κ3) is 4.16. The van der Waals surface area contributed by atoms with E-state index in [2.05, 4.69) is 29.7 Å². The van der Waals surface area contributed by atoms with E-state index in [1.165, 1.54) is 5.56 Å². The third-order valence-electron chi connectivity index (χ3n) is 4.83. The zero-order chi connectivity index (χ0) is 16.1. The van der Waals surface area contributed by atoms with Crippen LogP contribution in [0.15, 0.2) is 24.3 Å². The molecule has 126 valence electrons. The molecule has 5 nitrogen and oxygen atoms in total. The van der Waals surface area contributed by atoms with Gasteiger partial charge in [0.1, 0.15) is 5.75 Å². The van der Waals surface area contributed by atoms with Crippen molar-refractivity contribution >= 4 is 6.03 Å². The number of carbonyl (C=O) groups excluding carboxylic acids is 1. The SMILES string of the molecule is Cc1ccc(OCCCCN2CC3(CCNCC3)NC2=O)cc1. The lowest BCUT2D eigenvalue weighted by atomic mass is 9.89. The van der Waals surface area contributed by atoms with E-state index >= 15 is 0 Å². The van der Waals surface area contributed by atoms with Gasteiger partial charge in [-0.3, -0.25) is 0 Å². The molecule has 2 fully saturated rings. The largest absolute Gasteiger partial charge is 0.494 e. The van der Waals surface area contributed by atoms with Crippen molar-refractivity contribution in [2.45, 2.75) is 38.1 Å². The lowest BCUT2D eigenvalue weighted by Gasteiger charge is -2.33. The van der Waals surface area contributed by atoms with E-state index in [0.717, 1.165) is 57.6 Å². The lowest BCUT2D eigenvalue weighted by Crippen LogP contribution is -2.51. The number of urea groups is 1. The highest BCUT2D eigenvalue weighted by Gasteiger charge is 2.42. The number of amides is 2. The molecule has 0 saturated carbocycles. The number of aryl methyl sites for hydroxylation is 1. The summed E-state index contributed by atoms with van der Waals surface area (Å²) in [6, 6.07) is 8.23. The maximum absolute atomic E-state index is 12.1. The molecule has 2 saturated heterocycles. The van der Waals surface area contributed by atoms with E-state index in [-0.39, 0.29) is 11.6 Å². The van der Waals surface area contributed by atoms with Gasteiger partial charge in [0, 0.05) is 13.1 Å². The van der Waals surface area contributed by atoms with E-state index in [0.29, 0.717) is 6.61 Å². The molecule has 23 heavy (non-hydrogen) atoms. The van der Waals surface area contributed by atoms with Crippen LogP contribution in [0, 0.1) is 6.92 Å². The Morgan fingerprint density at radius 3 is 2.65 bits per heavy atom. The molecule has 2 aliphatic heterocycles. The van der Waals surface area contributed by atoms with Crippen LogP contribution in [0.5, 0.6) is 5.75 Å². The van der Waals surface area contributed by atoms with Gasteiger partial charge in [-0.1, -0.05) is 17.7 Å². The van der Waals surface area contributed by atoms with Crippen molar-refractivity contribution in [1.29, 1.82) is 0 Å². The number of nitrogens with zero attached hydrogens (tertiary/aromatic N) is 1. The summed E-state index contributed by atoms with van der Waals surface area (Å²) in [6.45, 7) is 6.44. The molecule has 0 aliphatic carbocycles. The Hall–Kier alpha value is -1.75. The van der Waals surface area contributed by atoms with Crippen LogP contribution in [0.3, 0.4) is 0 Å². The first-order chi connectivity index (χ1) is 11.2. The van der Waals surface area contributed by atoms with Crippen molar-refractivity contribution in [3.05, 3.63) is 29.8 Å². The van der Waals surface area contributed by atoms with Crippen LogP contribution in [0.4, 0.5) is 4.79 Å². The van der Waals surface area contributed by atoms with Crippen LogP contribution < -0.4 is 15.4 Å². The molecule has 1 aromatic carbocycles. The summed E-state index contributed by atoms with van der Waals surface area (Å²) in [4.78, 5) is 14.1.